The summed E-state index contributed by atoms with van der Waals surface area (Å²) in [6.45, 7) is 0.937. The zero-order valence-corrected chi connectivity index (χ0v) is 15.5. The summed E-state index contributed by atoms with van der Waals surface area (Å²) in [4.78, 5) is 37.3. The van der Waals surface area contributed by atoms with Gasteiger partial charge >= 0.3 is 5.97 Å². The van der Waals surface area contributed by atoms with Crippen molar-refractivity contribution in [3.8, 4) is 0 Å². The van der Waals surface area contributed by atoms with Gasteiger partial charge in [0.05, 0.1) is 31.5 Å². The Morgan fingerprint density at radius 2 is 1.92 bits per heavy atom. The number of methoxy groups -OCH3 is 1. The molecule has 0 fully saturated rings. The summed E-state index contributed by atoms with van der Waals surface area (Å²) >= 11 is 6.91. The van der Waals surface area contributed by atoms with Gasteiger partial charge in [-0.15, -0.1) is 22.9 Å². The van der Waals surface area contributed by atoms with Gasteiger partial charge in [-0.25, -0.2) is 4.79 Å². The van der Waals surface area contributed by atoms with Crippen LogP contribution in [0.25, 0.3) is 0 Å². The summed E-state index contributed by atoms with van der Waals surface area (Å²) in [5.74, 6) is -1.25. The van der Waals surface area contributed by atoms with Crippen LogP contribution in [0.1, 0.15) is 36.7 Å². The Morgan fingerprint density at radius 3 is 2.58 bits per heavy atom. The van der Waals surface area contributed by atoms with Gasteiger partial charge in [0, 0.05) is 10.4 Å². The molecule has 136 valence electrons. The van der Waals surface area contributed by atoms with Crippen LogP contribution in [0.15, 0.2) is 24.3 Å². The van der Waals surface area contributed by atoms with Crippen molar-refractivity contribution in [3.05, 3.63) is 51.4 Å². The lowest BCUT2D eigenvalue weighted by Gasteiger charge is -2.13. The number of benzene rings is 1. The zero-order valence-electron chi connectivity index (χ0n) is 14.0. The van der Waals surface area contributed by atoms with Crippen molar-refractivity contribution in [3.63, 3.8) is 0 Å². The maximum absolute atomic E-state index is 13.1. The van der Waals surface area contributed by atoms with Crippen LogP contribution in [0.3, 0.4) is 0 Å². The fraction of sp³-hybridized carbons (Fsp3) is 0.278. The number of ether oxygens (including phenoxy) is 2. The van der Waals surface area contributed by atoms with E-state index in [9.17, 15) is 14.4 Å². The van der Waals surface area contributed by atoms with Gasteiger partial charge in [0.15, 0.2) is 5.78 Å². The van der Waals surface area contributed by atoms with Gasteiger partial charge in [-0.1, -0.05) is 12.1 Å². The number of anilines is 1. The summed E-state index contributed by atoms with van der Waals surface area (Å²) in [5, 5.41) is 3.18. The van der Waals surface area contributed by atoms with Crippen LogP contribution in [0.5, 0.6) is 0 Å². The van der Waals surface area contributed by atoms with Crippen molar-refractivity contribution in [1.29, 1.82) is 0 Å². The minimum absolute atomic E-state index is 0.194. The number of hydrogen-bond acceptors (Lipinski definition) is 6. The van der Waals surface area contributed by atoms with Gasteiger partial charge in [-0.3, -0.25) is 9.59 Å². The number of alkyl halides is 1. The number of hydrogen-bond donors (Lipinski definition) is 1. The quantitative estimate of drug-likeness (QED) is 0.479. The minimum Gasteiger partial charge on any atom is -0.465 e. The number of nitrogens with one attached hydrogen (secondary N) is 1. The highest BCUT2D eigenvalue weighted by Crippen LogP contribution is 2.37. The maximum Gasteiger partial charge on any atom is 0.337 e. The van der Waals surface area contributed by atoms with E-state index in [-0.39, 0.29) is 17.6 Å². The molecule has 0 aliphatic carbocycles. The van der Waals surface area contributed by atoms with Gasteiger partial charge in [0.25, 0.3) is 0 Å². The summed E-state index contributed by atoms with van der Waals surface area (Å²) < 4.78 is 10.1. The zero-order chi connectivity index (χ0) is 18.7. The molecule has 0 saturated heterocycles. The lowest BCUT2D eigenvalue weighted by atomic mass is 9.97. The maximum atomic E-state index is 13.1. The average molecular weight is 394 g/mol. The molecule has 0 saturated carbocycles. The molecule has 0 atom stereocenters. The summed E-state index contributed by atoms with van der Waals surface area (Å²) in [7, 11) is 1.30. The molecule has 1 aliphatic heterocycles. The average Bonchev–Trinajstić information content (AvgIpc) is 3.04. The first-order chi connectivity index (χ1) is 12.5. The SMILES string of the molecule is COC(=O)c1ccc(C(=O)c2c(NC(=O)CCl)sc3c2CCOC3)cc1. The number of rotatable bonds is 5. The van der Waals surface area contributed by atoms with Crippen molar-refractivity contribution in [2.75, 3.05) is 24.9 Å². The van der Waals surface area contributed by atoms with Gasteiger partial charge < -0.3 is 14.8 Å². The minimum atomic E-state index is -0.468. The molecular formula is C18H16ClNO5S. The fourth-order valence-corrected chi connectivity index (χ4v) is 4.01. The van der Waals surface area contributed by atoms with Crippen LogP contribution >= 0.6 is 22.9 Å². The van der Waals surface area contributed by atoms with Crippen LogP contribution in [0.4, 0.5) is 5.00 Å². The van der Waals surface area contributed by atoms with Crippen molar-refractivity contribution >= 4 is 45.6 Å². The number of halogens is 1. The first-order valence-electron chi connectivity index (χ1n) is 7.86. The molecule has 0 spiro atoms. The molecule has 6 nitrogen and oxygen atoms in total. The van der Waals surface area contributed by atoms with Crippen LogP contribution in [-0.4, -0.2) is 37.3 Å². The molecule has 3 rings (SSSR count). The molecule has 2 aromatic rings. The Morgan fingerprint density at radius 1 is 1.23 bits per heavy atom. The van der Waals surface area contributed by atoms with Gasteiger partial charge in [-0.2, -0.15) is 0 Å². The van der Waals surface area contributed by atoms with E-state index >= 15 is 0 Å². The van der Waals surface area contributed by atoms with Gasteiger partial charge in [-0.05, 0) is 24.1 Å². The molecular weight excluding hydrogens is 378 g/mol. The molecule has 1 aromatic heterocycles. The second kappa shape index (κ2) is 7.99. The molecule has 1 amide bonds. The van der Waals surface area contributed by atoms with Crippen molar-refractivity contribution < 1.29 is 23.9 Å². The van der Waals surface area contributed by atoms with E-state index in [0.717, 1.165) is 10.4 Å². The normalized spacial score (nSPS) is 13.0. The third kappa shape index (κ3) is 3.65. The number of ketones is 1. The van der Waals surface area contributed by atoms with E-state index in [1.807, 2.05) is 0 Å². The number of carbonyl (C=O) groups excluding carboxylic acids is 3. The Bertz CT molecular complexity index is 859. The van der Waals surface area contributed by atoms with E-state index in [2.05, 4.69) is 10.1 Å². The summed E-state index contributed by atoms with van der Waals surface area (Å²) in [5.41, 5.74) is 2.15. The Kier molecular flexibility index (Phi) is 5.70. The number of thiophene rings is 1. The van der Waals surface area contributed by atoms with Crippen LogP contribution in [0.2, 0.25) is 0 Å². The summed E-state index contributed by atoms with van der Waals surface area (Å²) in [6, 6.07) is 6.23. The largest absolute Gasteiger partial charge is 0.465 e. The highest BCUT2D eigenvalue weighted by atomic mass is 35.5. The fourth-order valence-electron chi connectivity index (χ4n) is 2.74. The predicted octanol–water partition coefficient (Wildman–Crippen LogP) is 3.02. The van der Waals surface area contributed by atoms with Gasteiger partial charge in [0.2, 0.25) is 5.91 Å². The second-order valence-corrected chi connectivity index (χ2v) is 6.96. The number of amides is 1. The Hall–Kier alpha value is -2.22. The number of fused-ring (bicyclic) bond motifs is 1. The molecule has 0 unspecified atom stereocenters. The van der Waals surface area contributed by atoms with E-state index in [0.29, 0.717) is 41.3 Å². The van der Waals surface area contributed by atoms with Crippen LogP contribution < -0.4 is 5.32 Å². The van der Waals surface area contributed by atoms with Crippen molar-refractivity contribution in [2.24, 2.45) is 0 Å². The highest BCUT2D eigenvalue weighted by molar-refractivity contribution is 7.17. The van der Waals surface area contributed by atoms with E-state index in [4.69, 9.17) is 16.3 Å². The van der Waals surface area contributed by atoms with E-state index < -0.39 is 5.97 Å². The molecule has 1 N–H and O–H groups in total. The van der Waals surface area contributed by atoms with E-state index in [1.54, 1.807) is 12.1 Å². The predicted molar refractivity (Wildman–Crippen MR) is 98.2 cm³/mol. The number of esters is 1. The third-order valence-electron chi connectivity index (χ3n) is 3.99. The first kappa shape index (κ1) is 18.6. The highest BCUT2D eigenvalue weighted by Gasteiger charge is 2.27. The monoisotopic (exact) mass is 393 g/mol. The number of carbonyl (C=O) groups is 3. The lowest BCUT2D eigenvalue weighted by Crippen LogP contribution is -2.16. The van der Waals surface area contributed by atoms with Gasteiger partial charge in [0.1, 0.15) is 10.9 Å². The van der Waals surface area contributed by atoms with E-state index in [1.165, 1.54) is 30.6 Å². The molecule has 26 heavy (non-hydrogen) atoms. The van der Waals surface area contributed by atoms with Crippen LogP contribution in [-0.2, 0) is 27.3 Å². The molecule has 1 aliphatic rings. The third-order valence-corrected chi connectivity index (χ3v) is 5.35. The van der Waals surface area contributed by atoms with Crippen LogP contribution in [0, 0.1) is 0 Å². The standard InChI is InChI=1S/C18H16ClNO5S/c1-24-18(23)11-4-2-10(3-5-11)16(22)15-12-6-7-25-9-13(12)26-17(15)20-14(21)8-19/h2-5H,6-9H2,1H3,(H,20,21). The molecule has 0 bridgehead atoms. The Balaban J connectivity index is 1.98. The lowest BCUT2D eigenvalue weighted by molar-refractivity contribution is -0.113. The smallest absolute Gasteiger partial charge is 0.337 e. The first-order valence-corrected chi connectivity index (χ1v) is 9.21. The molecule has 0 radical (unpaired) electrons. The molecule has 8 heteroatoms. The molecule has 2 heterocycles. The second-order valence-electron chi connectivity index (χ2n) is 5.59. The topological polar surface area (TPSA) is 81.7 Å². The summed E-state index contributed by atoms with van der Waals surface area (Å²) in [6.07, 6.45) is 0.601. The molecule has 1 aromatic carbocycles. The van der Waals surface area contributed by atoms with Crippen molar-refractivity contribution in [1.82, 2.24) is 0 Å². The van der Waals surface area contributed by atoms with Crippen molar-refractivity contribution in [2.45, 2.75) is 13.0 Å². The Labute approximate surface area is 159 Å².